The lowest BCUT2D eigenvalue weighted by Gasteiger charge is -1.98. The zero-order chi connectivity index (χ0) is 8.39. The topological polar surface area (TPSA) is 64.7 Å². The first kappa shape index (κ1) is 7.61. The largest absolute Gasteiger partial charge is 0.330 e. The average molecular weight is 164 g/mol. The molecule has 0 unspecified atom stereocenters. The van der Waals surface area contributed by atoms with Crippen LogP contribution in [0, 0.1) is 0 Å². The van der Waals surface area contributed by atoms with Gasteiger partial charge in [-0.05, 0) is 25.8 Å². The molecule has 0 radical (unpaired) electrons. The number of fused-ring (bicyclic) bond motifs is 1. The third-order valence-electron chi connectivity index (χ3n) is 2.08. The molecule has 64 valence electrons. The Hall–Kier alpha value is -1.03. The minimum absolute atomic E-state index is 0.598. The Labute approximate surface area is 71.2 Å². The molecule has 2 N–H and O–H groups in total. The summed E-state index contributed by atoms with van der Waals surface area (Å²) in [6, 6.07) is 0. The number of aromatic nitrogens is 3. The highest BCUT2D eigenvalue weighted by atomic mass is 15.2. The molecule has 0 aliphatic heterocycles. The van der Waals surface area contributed by atoms with Crippen molar-refractivity contribution in [1.82, 2.24) is 15.2 Å². The Morgan fingerprint density at radius 3 is 2.83 bits per heavy atom. The van der Waals surface area contributed by atoms with Crippen molar-refractivity contribution in [2.24, 2.45) is 5.73 Å². The van der Waals surface area contributed by atoms with Crippen molar-refractivity contribution in [3.63, 3.8) is 0 Å². The van der Waals surface area contributed by atoms with Gasteiger partial charge in [-0.25, -0.2) is 4.98 Å². The summed E-state index contributed by atoms with van der Waals surface area (Å²) in [4.78, 5) is 4.39. The van der Waals surface area contributed by atoms with Crippen molar-refractivity contribution in [3.8, 4) is 0 Å². The van der Waals surface area contributed by atoms with Crippen LogP contribution < -0.4 is 5.73 Å². The number of rotatable bonds is 2. The van der Waals surface area contributed by atoms with Crippen LogP contribution in [0.4, 0.5) is 0 Å². The van der Waals surface area contributed by atoms with Crippen molar-refractivity contribution in [3.05, 3.63) is 17.2 Å². The van der Waals surface area contributed by atoms with E-state index in [1.54, 1.807) is 0 Å². The zero-order valence-electron chi connectivity index (χ0n) is 6.95. The molecule has 1 aliphatic carbocycles. The van der Waals surface area contributed by atoms with Gasteiger partial charge in [-0.3, -0.25) is 0 Å². The van der Waals surface area contributed by atoms with E-state index in [1.807, 2.05) is 0 Å². The van der Waals surface area contributed by atoms with Crippen LogP contribution in [-0.4, -0.2) is 21.7 Å². The second kappa shape index (κ2) is 3.15. The summed E-state index contributed by atoms with van der Waals surface area (Å²) < 4.78 is 0. The van der Waals surface area contributed by atoms with E-state index in [0.29, 0.717) is 6.54 Å². The maximum atomic E-state index is 5.40. The lowest BCUT2D eigenvalue weighted by atomic mass is 10.3. The molecule has 0 bridgehead atoms. The van der Waals surface area contributed by atoms with Gasteiger partial charge in [-0.2, -0.15) is 5.10 Å². The van der Waals surface area contributed by atoms with E-state index >= 15 is 0 Å². The molecule has 2 rings (SSSR count). The fraction of sp³-hybridized carbons (Fsp3) is 0.625. The lowest BCUT2D eigenvalue weighted by Crippen LogP contribution is -2.09. The van der Waals surface area contributed by atoms with Crippen LogP contribution in [0.2, 0.25) is 0 Å². The van der Waals surface area contributed by atoms with E-state index < -0.39 is 0 Å². The van der Waals surface area contributed by atoms with Gasteiger partial charge in [0.1, 0.15) is 0 Å². The lowest BCUT2D eigenvalue weighted by molar-refractivity contribution is 0.779. The second-order valence-corrected chi connectivity index (χ2v) is 3.01. The summed E-state index contributed by atoms with van der Waals surface area (Å²) in [7, 11) is 0. The summed E-state index contributed by atoms with van der Waals surface area (Å²) in [5, 5.41) is 8.11. The standard InChI is InChI=1S/C8H12N4/c9-5-4-8-10-6-2-1-3-7(6)11-12-8/h1-5,9H2. The molecular formula is C8H12N4. The minimum Gasteiger partial charge on any atom is -0.330 e. The van der Waals surface area contributed by atoms with Gasteiger partial charge in [-0.15, -0.1) is 5.10 Å². The molecule has 0 atom stereocenters. The second-order valence-electron chi connectivity index (χ2n) is 3.01. The van der Waals surface area contributed by atoms with Crippen molar-refractivity contribution in [1.29, 1.82) is 0 Å². The number of nitrogens with zero attached hydrogens (tertiary/aromatic N) is 3. The molecule has 12 heavy (non-hydrogen) atoms. The fourth-order valence-electron chi connectivity index (χ4n) is 1.47. The Balaban J connectivity index is 2.26. The van der Waals surface area contributed by atoms with Gasteiger partial charge in [0.25, 0.3) is 0 Å². The molecule has 4 nitrogen and oxygen atoms in total. The molecule has 1 heterocycles. The smallest absolute Gasteiger partial charge is 0.152 e. The number of aryl methyl sites for hydroxylation is 2. The van der Waals surface area contributed by atoms with Crippen molar-refractivity contribution in [2.75, 3.05) is 6.54 Å². The Bertz CT molecular complexity index is 284. The summed E-state index contributed by atoms with van der Waals surface area (Å²) in [5.41, 5.74) is 7.61. The molecule has 0 aromatic carbocycles. The van der Waals surface area contributed by atoms with Gasteiger partial charge in [0.05, 0.1) is 11.4 Å². The van der Waals surface area contributed by atoms with E-state index in [-0.39, 0.29) is 0 Å². The van der Waals surface area contributed by atoms with E-state index in [9.17, 15) is 0 Å². The summed E-state index contributed by atoms with van der Waals surface area (Å²) in [5.74, 6) is 0.790. The molecule has 0 spiro atoms. The highest BCUT2D eigenvalue weighted by Crippen LogP contribution is 2.15. The Morgan fingerprint density at radius 2 is 2.00 bits per heavy atom. The maximum Gasteiger partial charge on any atom is 0.152 e. The molecule has 0 amide bonds. The summed E-state index contributed by atoms with van der Waals surface area (Å²) in [6.07, 6.45) is 4.00. The van der Waals surface area contributed by atoms with Crippen molar-refractivity contribution in [2.45, 2.75) is 25.7 Å². The molecule has 1 aromatic rings. The first-order valence-electron chi connectivity index (χ1n) is 4.31. The van der Waals surface area contributed by atoms with E-state index in [4.69, 9.17) is 5.73 Å². The van der Waals surface area contributed by atoms with Gasteiger partial charge in [0.15, 0.2) is 5.82 Å². The van der Waals surface area contributed by atoms with Crippen LogP contribution in [0.5, 0.6) is 0 Å². The first-order chi connectivity index (χ1) is 5.90. The quantitative estimate of drug-likeness (QED) is 0.660. The summed E-state index contributed by atoms with van der Waals surface area (Å²) >= 11 is 0. The average Bonchev–Trinajstić information content (AvgIpc) is 2.51. The van der Waals surface area contributed by atoms with Gasteiger partial charge < -0.3 is 5.73 Å². The van der Waals surface area contributed by atoms with Gasteiger partial charge in [0, 0.05) is 6.42 Å². The third kappa shape index (κ3) is 1.30. The highest BCUT2D eigenvalue weighted by Gasteiger charge is 2.14. The van der Waals surface area contributed by atoms with Gasteiger partial charge >= 0.3 is 0 Å². The highest BCUT2D eigenvalue weighted by molar-refractivity contribution is 5.15. The van der Waals surface area contributed by atoms with Crippen LogP contribution in [0.25, 0.3) is 0 Å². The van der Waals surface area contributed by atoms with Crippen LogP contribution in [-0.2, 0) is 19.3 Å². The molecule has 1 aliphatic rings. The van der Waals surface area contributed by atoms with Crippen LogP contribution in [0.15, 0.2) is 0 Å². The summed E-state index contributed by atoms with van der Waals surface area (Å²) in [6.45, 7) is 0.598. The SMILES string of the molecule is NCCc1nnc2c(n1)CCC2. The molecule has 0 saturated heterocycles. The van der Waals surface area contributed by atoms with Crippen LogP contribution >= 0.6 is 0 Å². The van der Waals surface area contributed by atoms with E-state index in [1.165, 1.54) is 6.42 Å². The first-order valence-corrected chi connectivity index (χ1v) is 4.31. The molecule has 4 heteroatoms. The van der Waals surface area contributed by atoms with Crippen LogP contribution in [0.1, 0.15) is 23.6 Å². The molecule has 0 saturated carbocycles. The molecular weight excluding hydrogens is 152 g/mol. The number of nitrogens with two attached hydrogens (primary N) is 1. The Kier molecular flexibility index (Phi) is 1.99. The van der Waals surface area contributed by atoms with Gasteiger partial charge in [-0.1, -0.05) is 0 Å². The zero-order valence-corrected chi connectivity index (χ0v) is 6.95. The van der Waals surface area contributed by atoms with Gasteiger partial charge in [0.2, 0.25) is 0 Å². The van der Waals surface area contributed by atoms with E-state index in [2.05, 4.69) is 15.2 Å². The molecule has 0 fully saturated rings. The number of hydrogen-bond acceptors (Lipinski definition) is 4. The van der Waals surface area contributed by atoms with E-state index in [0.717, 1.165) is 36.5 Å². The monoisotopic (exact) mass is 164 g/mol. The Morgan fingerprint density at radius 1 is 1.17 bits per heavy atom. The maximum absolute atomic E-state index is 5.40. The molecule has 1 aromatic heterocycles. The normalized spacial score (nSPS) is 14.8. The van der Waals surface area contributed by atoms with Crippen LogP contribution in [0.3, 0.4) is 0 Å². The fourth-order valence-corrected chi connectivity index (χ4v) is 1.47. The minimum atomic E-state index is 0.598. The number of hydrogen-bond donors (Lipinski definition) is 1. The van der Waals surface area contributed by atoms with Crippen molar-refractivity contribution >= 4 is 0 Å². The predicted molar refractivity (Wildman–Crippen MR) is 44.6 cm³/mol. The predicted octanol–water partition coefficient (Wildman–Crippen LogP) is -0.139. The van der Waals surface area contributed by atoms with Crippen molar-refractivity contribution < 1.29 is 0 Å². The third-order valence-corrected chi connectivity index (χ3v) is 2.08.